The Morgan fingerprint density at radius 1 is 1.08 bits per heavy atom. The molecule has 76 valence electrons. The Bertz CT molecular complexity index is 127. The molecule has 0 heterocycles. The Morgan fingerprint density at radius 2 is 1.77 bits per heavy atom. The third kappa shape index (κ3) is 6.83. The molecule has 0 unspecified atom stereocenters. The smallest absolute Gasteiger partial charge is 0.00682 e. The highest BCUT2D eigenvalue weighted by atomic mass is 14.9. The summed E-state index contributed by atoms with van der Waals surface area (Å²) < 4.78 is 0. The van der Waals surface area contributed by atoms with E-state index in [4.69, 9.17) is 0 Å². The molecule has 1 aliphatic rings. The van der Waals surface area contributed by atoms with Gasteiger partial charge in [0, 0.05) is 6.04 Å². The summed E-state index contributed by atoms with van der Waals surface area (Å²) in [5.74, 6) is 0. The van der Waals surface area contributed by atoms with Crippen molar-refractivity contribution in [1.82, 2.24) is 5.32 Å². The maximum absolute atomic E-state index is 3.72. The van der Waals surface area contributed by atoms with Crippen LogP contribution in [0.25, 0.3) is 0 Å². The van der Waals surface area contributed by atoms with Crippen molar-refractivity contribution in [3.05, 3.63) is 12.7 Å². The molecule has 1 aliphatic carbocycles. The summed E-state index contributed by atoms with van der Waals surface area (Å²) in [4.78, 5) is 0. The fourth-order valence-electron chi connectivity index (χ4n) is 1.54. The lowest BCUT2D eigenvalue weighted by Gasteiger charge is -2.02. The second kappa shape index (κ2) is 7.14. The predicted octanol–water partition coefficient (Wildman–Crippen LogP) is 3.27. The first kappa shape index (κ1) is 10.8. The first-order valence-corrected chi connectivity index (χ1v) is 5.78. The van der Waals surface area contributed by atoms with Gasteiger partial charge < -0.3 is 5.32 Å². The summed E-state index contributed by atoms with van der Waals surface area (Å²) in [6.45, 7) is 4.97. The lowest BCUT2D eigenvalue weighted by atomic mass is 10.1. The molecule has 1 heteroatoms. The van der Waals surface area contributed by atoms with Crippen LogP contribution in [0.1, 0.15) is 51.4 Å². The van der Waals surface area contributed by atoms with Gasteiger partial charge in [0.25, 0.3) is 0 Å². The van der Waals surface area contributed by atoms with Gasteiger partial charge in [0.05, 0.1) is 0 Å². The minimum absolute atomic E-state index is 0.890. The summed E-state index contributed by atoms with van der Waals surface area (Å²) in [6, 6.07) is 0.890. The topological polar surface area (TPSA) is 12.0 Å². The molecule has 0 radical (unpaired) electrons. The largest absolute Gasteiger partial charge is 0.314 e. The van der Waals surface area contributed by atoms with E-state index < -0.39 is 0 Å². The third-order valence-electron chi connectivity index (χ3n) is 2.60. The van der Waals surface area contributed by atoms with Crippen molar-refractivity contribution in [2.45, 2.75) is 57.4 Å². The van der Waals surface area contributed by atoms with Crippen LogP contribution in [0.5, 0.6) is 0 Å². The normalized spacial score (nSPS) is 16.0. The van der Waals surface area contributed by atoms with E-state index in [1.807, 2.05) is 6.08 Å². The highest BCUT2D eigenvalue weighted by Crippen LogP contribution is 2.18. The molecule has 0 aliphatic heterocycles. The number of allylic oxidation sites excluding steroid dienone is 1. The van der Waals surface area contributed by atoms with Crippen LogP contribution < -0.4 is 5.32 Å². The van der Waals surface area contributed by atoms with Crippen LogP contribution >= 0.6 is 0 Å². The lowest BCUT2D eigenvalue weighted by Crippen LogP contribution is -2.17. The Kier molecular flexibility index (Phi) is 5.92. The Balaban J connectivity index is 1.65. The third-order valence-corrected chi connectivity index (χ3v) is 2.60. The van der Waals surface area contributed by atoms with Gasteiger partial charge in [-0.15, -0.1) is 6.58 Å². The van der Waals surface area contributed by atoms with Crippen LogP contribution in [0.2, 0.25) is 0 Å². The average molecular weight is 181 g/mol. The fraction of sp³-hybridized carbons (Fsp3) is 0.833. The van der Waals surface area contributed by atoms with Crippen molar-refractivity contribution in [3.8, 4) is 0 Å². The number of nitrogens with one attached hydrogen (secondary N) is 1. The van der Waals surface area contributed by atoms with Crippen molar-refractivity contribution >= 4 is 0 Å². The number of rotatable bonds is 9. The van der Waals surface area contributed by atoms with Crippen LogP contribution in [0.3, 0.4) is 0 Å². The molecule has 1 nitrogen and oxygen atoms in total. The molecule has 0 amide bonds. The summed E-state index contributed by atoms with van der Waals surface area (Å²) >= 11 is 0. The van der Waals surface area contributed by atoms with E-state index in [1.165, 1.54) is 57.9 Å². The van der Waals surface area contributed by atoms with E-state index in [0.717, 1.165) is 6.04 Å². The molecule has 1 N–H and O–H groups in total. The van der Waals surface area contributed by atoms with Gasteiger partial charge >= 0.3 is 0 Å². The lowest BCUT2D eigenvalue weighted by molar-refractivity contribution is 0.575. The molecule has 0 bridgehead atoms. The van der Waals surface area contributed by atoms with Gasteiger partial charge in [0.15, 0.2) is 0 Å². The molecular formula is C12H23N. The quantitative estimate of drug-likeness (QED) is 0.425. The maximum Gasteiger partial charge on any atom is 0.00682 e. The van der Waals surface area contributed by atoms with Crippen LogP contribution in [0, 0.1) is 0 Å². The molecule has 0 saturated heterocycles. The Morgan fingerprint density at radius 3 is 2.46 bits per heavy atom. The monoisotopic (exact) mass is 181 g/mol. The summed E-state index contributed by atoms with van der Waals surface area (Å²) in [7, 11) is 0. The van der Waals surface area contributed by atoms with Gasteiger partial charge in [0.2, 0.25) is 0 Å². The molecule has 0 spiro atoms. The molecule has 13 heavy (non-hydrogen) atoms. The van der Waals surface area contributed by atoms with Gasteiger partial charge in [-0.1, -0.05) is 25.3 Å². The number of hydrogen-bond donors (Lipinski definition) is 1. The molecular weight excluding hydrogens is 158 g/mol. The highest BCUT2D eigenvalue weighted by Gasteiger charge is 2.19. The fourth-order valence-corrected chi connectivity index (χ4v) is 1.54. The standard InChI is InChI=1S/C12H23N/c1-2-3-4-5-6-7-8-11-13-12-9-10-12/h2,12-13H,1,3-11H2. The Labute approximate surface area is 82.6 Å². The highest BCUT2D eigenvalue weighted by molar-refractivity contribution is 4.80. The molecule has 0 atom stereocenters. The molecule has 1 fully saturated rings. The van der Waals surface area contributed by atoms with Crippen LogP contribution in [-0.4, -0.2) is 12.6 Å². The van der Waals surface area contributed by atoms with E-state index in [2.05, 4.69) is 11.9 Å². The van der Waals surface area contributed by atoms with Crippen molar-refractivity contribution in [2.24, 2.45) is 0 Å². The van der Waals surface area contributed by atoms with E-state index in [-0.39, 0.29) is 0 Å². The second-order valence-corrected chi connectivity index (χ2v) is 4.07. The SMILES string of the molecule is C=CCCCCCCCNC1CC1. The molecule has 0 aromatic heterocycles. The number of hydrogen-bond acceptors (Lipinski definition) is 1. The van der Waals surface area contributed by atoms with Crippen molar-refractivity contribution in [1.29, 1.82) is 0 Å². The van der Waals surface area contributed by atoms with Crippen molar-refractivity contribution < 1.29 is 0 Å². The van der Waals surface area contributed by atoms with Gasteiger partial charge in [0.1, 0.15) is 0 Å². The van der Waals surface area contributed by atoms with Crippen LogP contribution in [-0.2, 0) is 0 Å². The van der Waals surface area contributed by atoms with E-state index in [0.29, 0.717) is 0 Å². The zero-order chi connectivity index (χ0) is 9.36. The van der Waals surface area contributed by atoms with Crippen molar-refractivity contribution in [3.63, 3.8) is 0 Å². The zero-order valence-electron chi connectivity index (χ0n) is 8.73. The van der Waals surface area contributed by atoms with Crippen LogP contribution in [0.4, 0.5) is 0 Å². The van der Waals surface area contributed by atoms with Gasteiger partial charge in [-0.25, -0.2) is 0 Å². The van der Waals surface area contributed by atoms with E-state index >= 15 is 0 Å². The van der Waals surface area contributed by atoms with Gasteiger partial charge in [-0.2, -0.15) is 0 Å². The first-order chi connectivity index (χ1) is 6.43. The summed E-state index contributed by atoms with van der Waals surface area (Å²) in [5, 5.41) is 3.54. The van der Waals surface area contributed by atoms with Crippen molar-refractivity contribution in [2.75, 3.05) is 6.54 Å². The van der Waals surface area contributed by atoms with Gasteiger partial charge in [-0.05, 0) is 38.6 Å². The second-order valence-electron chi connectivity index (χ2n) is 4.07. The van der Waals surface area contributed by atoms with E-state index in [9.17, 15) is 0 Å². The Hall–Kier alpha value is -0.300. The molecule has 1 rings (SSSR count). The minimum Gasteiger partial charge on any atom is -0.314 e. The zero-order valence-corrected chi connectivity index (χ0v) is 8.73. The predicted molar refractivity (Wildman–Crippen MR) is 58.9 cm³/mol. The maximum atomic E-state index is 3.72. The summed E-state index contributed by atoms with van der Waals surface area (Å²) in [6.07, 6.45) is 12.9. The summed E-state index contributed by atoms with van der Waals surface area (Å²) in [5.41, 5.74) is 0. The van der Waals surface area contributed by atoms with E-state index in [1.54, 1.807) is 0 Å². The molecule has 0 aromatic rings. The van der Waals surface area contributed by atoms with Crippen LogP contribution in [0.15, 0.2) is 12.7 Å². The first-order valence-electron chi connectivity index (χ1n) is 5.78. The number of unbranched alkanes of at least 4 members (excludes halogenated alkanes) is 5. The minimum atomic E-state index is 0.890. The molecule has 1 saturated carbocycles. The molecule has 0 aromatic carbocycles. The average Bonchev–Trinajstić information content (AvgIpc) is 2.93. The van der Waals surface area contributed by atoms with Gasteiger partial charge in [-0.3, -0.25) is 0 Å².